The maximum atomic E-state index is 12.6. The van der Waals surface area contributed by atoms with Gasteiger partial charge in [0.05, 0.1) is 14.2 Å². The Morgan fingerprint density at radius 3 is 2.41 bits per heavy atom. The largest absolute Gasteiger partial charge is 0.493 e. The van der Waals surface area contributed by atoms with Crippen molar-refractivity contribution >= 4 is 52.4 Å². The summed E-state index contributed by atoms with van der Waals surface area (Å²) >= 11 is 2.23. The van der Waals surface area contributed by atoms with Crippen LogP contribution in [0.3, 0.4) is 0 Å². The van der Waals surface area contributed by atoms with E-state index < -0.39 is 6.03 Å². The number of carbonyl (C=O) groups excluding carboxylic acids is 1. The van der Waals surface area contributed by atoms with Crippen molar-refractivity contribution in [1.82, 2.24) is 5.16 Å². The molecule has 3 rings (SSSR count). The molecule has 0 fully saturated rings. The van der Waals surface area contributed by atoms with Crippen LogP contribution in [-0.2, 0) is 9.84 Å². The molecule has 0 saturated carbocycles. The first kappa shape index (κ1) is 28.0. The van der Waals surface area contributed by atoms with Crippen LogP contribution in [0.1, 0.15) is 43.2 Å². The normalized spacial score (nSPS) is 11.6. The second kappa shape index (κ2) is 12.1. The number of ether oxygens (including phenoxy) is 3. The van der Waals surface area contributed by atoms with Crippen LogP contribution < -0.4 is 24.8 Å². The summed E-state index contributed by atoms with van der Waals surface area (Å²) in [7, 11) is 3.11. The van der Waals surface area contributed by atoms with Gasteiger partial charge in [-0.25, -0.2) is 9.79 Å². The van der Waals surface area contributed by atoms with Gasteiger partial charge in [0.2, 0.25) is 5.90 Å². The number of hydrogen-bond donors (Lipinski definition) is 3. The molecule has 1 heterocycles. The third kappa shape index (κ3) is 7.00. The molecule has 0 aliphatic heterocycles. The number of amides is 2. The molecule has 0 radical (unpaired) electrons. The lowest BCUT2D eigenvalue weighted by Gasteiger charge is -2.17. The third-order valence-corrected chi connectivity index (χ3v) is 6.13. The Labute approximate surface area is 229 Å². The van der Waals surface area contributed by atoms with Gasteiger partial charge in [-0.1, -0.05) is 54.6 Å². The summed E-state index contributed by atoms with van der Waals surface area (Å²) in [6.07, 6.45) is 0.911. The minimum atomic E-state index is -0.481. The molecular weight excluding hydrogens is 589 g/mol. The molecule has 0 saturated heterocycles. The SMILES string of the molecule is COc1cc(C)c(/C(=N\C=N)Oc2cc(NC(=O)Nc3cc(C(C)(C)C)on3)ccc2CI)cc1OC. The Morgan fingerprint density at radius 1 is 1.11 bits per heavy atom. The molecule has 11 heteroatoms. The quantitative estimate of drug-likeness (QED) is 0.117. The Balaban J connectivity index is 1.85. The van der Waals surface area contributed by atoms with Gasteiger partial charge in [-0.2, -0.15) is 0 Å². The van der Waals surface area contributed by atoms with Gasteiger partial charge in [0, 0.05) is 38.8 Å². The van der Waals surface area contributed by atoms with Gasteiger partial charge >= 0.3 is 6.03 Å². The summed E-state index contributed by atoms with van der Waals surface area (Å²) in [5, 5.41) is 16.9. The lowest BCUT2D eigenvalue weighted by Crippen LogP contribution is -2.20. The van der Waals surface area contributed by atoms with Gasteiger partial charge in [0.1, 0.15) is 17.8 Å². The molecule has 0 spiro atoms. The summed E-state index contributed by atoms with van der Waals surface area (Å²) in [6.45, 7) is 7.87. The predicted molar refractivity (Wildman–Crippen MR) is 152 cm³/mol. The van der Waals surface area contributed by atoms with Crippen LogP contribution in [0.25, 0.3) is 0 Å². The highest BCUT2D eigenvalue weighted by Gasteiger charge is 2.21. The standard InChI is InChI=1S/C26H30IN5O5/c1-15-9-20(34-5)21(35-6)11-18(15)24(29-14-28)36-19-10-17(8-7-16(19)13-27)30-25(33)31-23-12-22(37-32-23)26(2,3)4/h7-12,14,28H,13H2,1-6H3,(H2,30,31,32,33)/b28-14?,29-24+. The minimum Gasteiger partial charge on any atom is -0.493 e. The number of aliphatic imine (C=N–C) groups is 1. The van der Waals surface area contributed by atoms with E-state index in [2.05, 4.69) is 43.4 Å². The van der Waals surface area contributed by atoms with Gasteiger partial charge in [-0.05, 0) is 30.7 Å². The highest BCUT2D eigenvalue weighted by atomic mass is 127. The molecule has 3 N–H and O–H groups in total. The van der Waals surface area contributed by atoms with Gasteiger partial charge in [-0.3, -0.25) is 10.7 Å². The zero-order valence-corrected chi connectivity index (χ0v) is 23.7. The van der Waals surface area contributed by atoms with E-state index in [-0.39, 0.29) is 11.3 Å². The number of urea groups is 1. The molecule has 3 aromatic rings. The van der Waals surface area contributed by atoms with E-state index in [1.54, 1.807) is 38.5 Å². The summed E-state index contributed by atoms with van der Waals surface area (Å²) < 4.78 is 23.0. The molecule has 196 valence electrons. The minimum absolute atomic E-state index is 0.207. The second-order valence-electron chi connectivity index (χ2n) is 9.05. The molecule has 10 nitrogen and oxygen atoms in total. The van der Waals surface area contributed by atoms with Crippen LogP contribution in [0.5, 0.6) is 17.2 Å². The first-order valence-electron chi connectivity index (χ1n) is 11.3. The number of rotatable bonds is 8. The number of nitrogens with zero attached hydrogens (tertiary/aromatic N) is 2. The molecular formula is C26H30IN5O5. The lowest BCUT2D eigenvalue weighted by molar-refractivity contribution is 0.262. The van der Waals surface area contributed by atoms with E-state index in [0.717, 1.165) is 17.5 Å². The maximum absolute atomic E-state index is 12.6. The van der Waals surface area contributed by atoms with Crippen molar-refractivity contribution in [3.63, 3.8) is 0 Å². The summed E-state index contributed by atoms with van der Waals surface area (Å²) in [5.74, 6) is 2.75. The Hall–Kier alpha value is -3.61. The first-order chi connectivity index (χ1) is 17.6. The van der Waals surface area contributed by atoms with Crippen molar-refractivity contribution in [2.45, 2.75) is 37.5 Å². The number of methoxy groups -OCH3 is 2. The number of aromatic nitrogens is 1. The molecule has 2 amide bonds. The van der Waals surface area contributed by atoms with Crippen LogP contribution in [0, 0.1) is 12.3 Å². The fraction of sp³-hybridized carbons (Fsp3) is 0.308. The van der Waals surface area contributed by atoms with E-state index in [4.69, 9.17) is 24.1 Å². The smallest absolute Gasteiger partial charge is 0.324 e. The molecule has 0 unspecified atom stereocenters. The molecule has 0 bridgehead atoms. The van der Waals surface area contributed by atoms with Gasteiger partial charge in [0.15, 0.2) is 17.3 Å². The third-order valence-electron chi connectivity index (χ3n) is 5.31. The molecule has 2 aromatic carbocycles. The zero-order chi connectivity index (χ0) is 27.2. The van der Waals surface area contributed by atoms with Crippen LogP contribution in [-0.4, -0.2) is 37.6 Å². The van der Waals surface area contributed by atoms with Crippen molar-refractivity contribution < 1.29 is 23.5 Å². The zero-order valence-electron chi connectivity index (χ0n) is 21.6. The first-order valence-corrected chi connectivity index (χ1v) is 12.8. The van der Waals surface area contributed by atoms with E-state index in [1.165, 1.54) is 0 Å². The Morgan fingerprint density at radius 2 is 1.81 bits per heavy atom. The van der Waals surface area contributed by atoms with Crippen LogP contribution in [0.2, 0.25) is 0 Å². The second-order valence-corrected chi connectivity index (χ2v) is 9.81. The molecule has 1 aromatic heterocycles. The number of benzene rings is 2. The van der Waals surface area contributed by atoms with Crippen molar-refractivity contribution in [3.05, 3.63) is 58.8 Å². The molecule has 0 atom stereocenters. The van der Waals surface area contributed by atoms with E-state index in [0.29, 0.717) is 44.5 Å². The molecule has 0 aliphatic carbocycles. The number of halogens is 1. The summed E-state index contributed by atoms with van der Waals surface area (Å²) in [6, 6.07) is 10.1. The van der Waals surface area contributed by atoms with Crippen LogP contribution in [0.4, 0.5) is 16.3 Å². The molecule has 37 heavy (non-hydrogen) atoms. The average Bonchev–Trinajstić information content (AvgIpc) is 3.32. The number of aryl methyl sites for hydroxylation is 1. The van der Waals surface area contributed by atoms with Gasteiger partial charge in [0.25, 0.3) is 0 Å². The maximum Gasteiger partial charge on any atom is 0.324 e. The number of hydrogen-bond acceptors (Lipinski definition) is 7. The topological polar surface area (TPSA) is 131 Å². The number of nitrogens with one attached hydrogen (secondary N) is 3. The van der Waals surface area contributed by atoms with Crippen molar-refractivity contribution in [2.24, 2.45) is 4.99 Å². The Bertz CT molecular complexity index is 1310. The highest BCUT2D eigenvalue weighted by Crippen LogP contribution is 2.32. The average molecular weight is 619 g/mol. The fourth-order valence-electron chi connectivity index (χ4n) is 3.33. The van der Waals surface area contributed by atoms with E-state index in [1.807, 2.05) is 39.8 Å². The fourth-order valence-corrected chi connectivity index (χ4v) is 3.96. The monoisotopic (exact) mass is 619 g/mol. The van der Waals surface area contributed by atoms with Crippen LogP contribution >= 0.6 is 22.6 Å². The van der Waals surface area contributed by atoms with E-state index in [9.17, 15) is 4.79 Å². The van der Waals surface area contributed by atoms with Crippen molar-refractivity contribution in [1.29, 1.82) is 5.41 Å². The van der Waals surface area contributed by atoms with Gasteiger partial charge in [-0.15, -0.1) is 0 Å². The number of anilines is 2. The number of carbonyl (C=O) groups is 1. The summed E-state index contributed by atoms with van der Waals surface area (Å²) in [4.78, 5) is 16.7. The van der Waals surface area contributed by atoms with E-state index >= 15 is 0 Å². The van der Waals surface area contributed by atoms with Crippen LogP contribution in [0.15, 0.2) is 45.9 Å². The summed E-state index contributed by atoms with van der Waals surface area (Å²) in [5.41, 5.74) is 2.61. The van der Waals surface area contributed by atoms with Gasteiger partial charge < -0.3 is 24.1 Å². The van der Waals surface area contributed by atoms with Crippen molar-refractivity contribution in [3.8, 4) is 17.2 Å². The predicted octanol–water partition coefficient (Wildman–Crippen LogP) is 6.31. The Kier molecular flexibility index (Phi) is 9.14. The highest BCUT2D eigenvalue weighted by molar-refractivity contribution is 14.1. The number of alkyl halides is 1. The molecule has 0 aliphatic rings. The van der Waals surface area contributed by atoms with Crippen molar-refractivity contribution in [2.75, 3.05) is 24.9 Å². The lowest BCUT2D eigenvalue weighted by atomic mass is 9.93.